The molecule has 0 aliphatic carbocycles. The zero-order valence-electron chi connectivity index (χ0n) is 17.3. The molecule has 0 spiro atoms. The molecule has 2 heterocycles. The maximum Gasteiger partial charge on any atom is 0.241 e. The lowest BCUT2D eigenvalue weighted by Gasteiger charge is -2.37. The van der Waals surface area contributed by atoms with E-state index in [2.05, 4.69) is 28.0 Å². The van der Waals surface area contributed by atoms with Crippen LogP contribution >= 0.6 is 0 Å². The number of fused-ring (bicyclic) bond motifs is 1. The highest BCUT2D eigenvalue weighted by Gasteiger charge is 2.26. The summed E-state index contributed by atoms with van der Waals surface area (Å²) in [6, 6.07) is 14.2. The molecule has 0 atom stereocenters. The fourth-order valence-electron chi connectivity index (χ4n) is 4.21. The van der Waals surface area contributed by atoms with Crippen LogP contribution in [0.5, 0.6) is 11.5 Å². The van der Waals surface area contributed by atoms with E-state index in [1.807, 2.05) is 29.2 Å². The molecule has 2 aliphatic heterocycles. The van der Waals surface area contributed by atoms with Gasteiger partial charge in [-0.05, 0) is 48.7 Å². The fraction of sp³-hybridized carbons (Fsp3) is 0.435. The Bertz CT molecular complexity index is 862. The fourth-order valence-corrected chi connectivity index (χ4v) is 4.21. The van der Waals surface area contributed by atoms with Gasteiger partial charge >= 0.3 is 0 Å². The Morgan fingerprint density at radius 1 is 0.931 bits per heavy atom. The third-order valence-corrected chi connectivity index (χ3v) is 5.86. The van der Waals surface area contributed by atoms with Crippen LogP contribution in [-0.4, -0.2) is 64.3 Å². The van der Waals surface area contributed by atoms with Crippen LogP contribution in [0.4, 0.5) is 11.4 Å². The Morgan fingerprint density at radius 2 is 1.69 bits per heavy atom. The molecule has 2 aliphatic rings. The molecule has 154 valence electrons. The molecular weight excluding hydrogens is 366 g/mol. The van der Waals surface area contributed by atoms with Crippen molar-refractivity contribution in [2.45, 2.75) is 12.8 Å². The number of benzene rings is 2. The molecule has 0 bridgehead atoms. The first-order valence-corrected chi connectivity index (χ1v) is 10.3. The SMILES string of the molecule is COc1cccc(N2CCN(CC(=O)N3CCCc4cc(OC)ccc43)CC2)c1. The molecule has 4 rings (SSSR count). The highest BCUT2D eigenvalue weighted by molar-refractivity contribution is 5.96. The van der Waals surface area contributed by atoms with Gasteiger partial charge in [0.25, 0.3) is 0 Å². The zero-order valence-corrected chi connectivity index (χ0v) is 17.3. The second-order valence-corrected chi connectivity index (χ2v) is 7.61. The van der Waals surface area contributed by atoms with Crippen molar-refractivity contribution in [2.24, 2.45) is 0 Å². The highest BCUT2D eigenvalue weighted by atomic mass is 16.5. The van der Waals surface area contributed by atoms with E-state index in [0.29, 0.717) is 6.54 Å². The molecule has 0 N–H and O–H groups in total. The third-order valence-electron chi connectivity index (χ3n) is 5.86. The lowest BCUT2D eigenvalue weighted by molar-refractivity contribution is -0.119. The molecule has 29 heavy (non-hydrogen) atoms. The summed E-state index contributed by atoms with van der Waals surface area (Å²) in [5, 5.41) is 0. The van der Waals surface area contributed by atoms with Gasteiger partial charge in [-0.25, -0.2) is 0 Å². The summed E-state index contributed by atoms with van der Waals surface area (Å²) in [5.74, 6) is 1.91. The topological polar surface area (TPSA) is 45.2 Å². The first-order valence-electron chi connectivity index (χ1n) is 10.3. The van der Waals surface area contributed by atoms with Crippen molar-refractivity contribution < 1.29 is 14.3 Å². The van der Waals surface area contributed by atoms with E-state index in [-0.39, 0.29) is 5.91 Å². The lowest BCUT2D eigenvalue weighted by atomic mass is 10.0. The highest BCUT2D eigenvalue weighted by Crippen LogP contribution is 2.30. The normalized spacial score (nSPS) is 17.0. The quantitative estimate of drug-likeness (QED) is 0.779. The zero-order chi connectivity index (χ0) is 20.2. The number of hydrogen-bond acceptors (Lipinski definition) is 5. The maximum absolute atomic E-state index is 13.0. The number of amides is 1. The third kappa shape index (κ3) is 4.32. The van der Waals surface area contributed by atoms with Crippen LogP contribution in [-0.2, 0) is 11.2 Å². The number of carbonyl (C=O) groups is 1. The number of piperazine rings is 1. The summed E-state index contributed by atoms with van der Waals surface area (Å²) in [6.07, 6.45) is 1.99. The Hall–Kier alpha value is -2.73. The Balaban J connectivity index is 1.36. The average molecular weight is 396 g/mol. The van der Waals surface area contributed by atoms with Crippen molar-refractivity contribution in [3.63, 3.8) is 0 Å². The first kappa shape index (κ1) is 19.6. The maximum atomic E-state index is 13.0. The van der Waals surface area contributed by atoms with Crippen LogP contribution in [0, 0.1) is 0 Å². The van der Waals surface area contributed by atoms with E-state index in [4.69, 9.17) is 9.47 Å². The molecule has 2 aromatic carbocycles. The number of hydrogen-bond donors (Lipinski definition) is 0. The van der Waals surface area contributed by atoms with Crippen molar-refractivity contribution >= 4 is 17.3 Å². The molecule has 6 nitrogen and oxygen atoms in total. The molecular formula is C23H29N3O3. The van der Waals surface area contributed by atoms with Crippen molar-refractivity contribution in [2.75, 3.05) is 63.3 Å². The number of anilines is 2. The van der Waals surface area contributed by atoms with Crippen LogP contribution in [0.1, 0.15) is 12.0 Å². The van der Waals surface area contributed by atoms with E-state index >= 15 is 0 Å². The van der Waals surface area contributed by atoms with E-state index in [0.717, 1.165) is 62.8 Å². The predicted octanol–water partition coefficient (Wildman–Crippen LogP) is 2.81. The minimum absolute atomic E-state index is 0.186. The summed E-state index contributed by atoms with van der Waals surface area (Å²) in [5.41, 5.74) is 3.41. The molecule has 1 saturated heterocycles. The number of rotatable bonds is 5. The van der Waals surface area contributed by atoms with Gasteiger partial charge in [0.2, 0.25) is 5.91 Å². The summed E-state index contributed by atoms with van der Waals surface area (Å²) >= 11 is 0. The van der Waals surface area contributed by atoms with Gasteiger partial charge in [-0.2, -0.15) is 0 Å². The van der Waals surface area contributed by atoms with Crippen LogP contribution in [0.3, 0.4) is 0 Å². The predicted molar refractivity (Wildman–Crippen MR) is 115 cm³/mol. The van der Waals surface area contributed by atoms with Gasteiger partial charge in [-0.1, -0.05) is 6.07 Å². The van der Waals surface area contributed by atoms with Crippen molar-refractivity contribution in [1.29, 1.82) is 0 Å². The Morgan fingerprint density at radius 3 is 2.45 bits per heavy atom. The second-order valence-electron chi connectivity index (χ2n) is 7.61. The van der Waals surface area contributed by atoms with Crippen LogP contribution in [0.25, 0.3) is 0 Å². The monoisotopic (exact) mass is 395 g/mol. The van der Waals surface area contributed by atoms with Crippen molar-refractivity contribution in [1.82, 2.24) is 4.90 Å². The van der Waals surface area contributed by atoms with Crippen molar-refractivity contribution in [3.05, 3.63) is 48.0 Å². The van der Waals surface area contributed by atoms with Gasteiger partial charge in [-0.15, -0.1) is 0 Å². The molecule has 0 unspecified atom stereocenters. The Kier molecular flexibility index (Phi) is 5.90. The number of carbonyl (C=O) groups excluding carboxylic acids is 1. The van der Waals surface area contributed by atoms with E-state index in [9.17, 15) is 4.79 Å². The molecule has 0 radical (unpaired) electrons. The molecule has 1 fully saturated rings. The summed E-state index contributed by atoms with van der Waals surface area (Å²) in [6.45, 7) is 4.85. The van der Waals surface area contributed by atoms with Crippen LogP contribution in [0.15, 0.2) is 42.5 Å². The number of ether oxygens (including phenoxy) is 2. The summed E-state index contributed by atoms with van der Waals surface area (Å²) in [7, 11) is 3.37. The first-order chi connectivity index (χ1) is 14.2. The van der Waals surface area contributed by atoms with Crippen LogP contribution < -0.4 is 19.3 Å². The van der Waals surface area contributed by atoms with E-state index < -0.39 is 0 Å². The van der Waals surface area contributed by atoms with Gasteiger partial charge in [0, 0.05) is 50.2 Å². The average Bonchev–Trinajstić information content (AvgIpc) is 2.78. The molecule has 6 heteroatoms. The van der Waals surface area contributed by atoms with Crippen molar-refractivity contribution in [3.8, 4) is 11.5 Å². The standard InChI is InChI=1S/C23H29N3O3/c1-28-20-7-3-6-19(16-20)25-13-11-24(12-14-25)17-23(27)26-10-4-5-18-15-21(29-2)8-9-22(18)26/h3,6-9,15-16H,4-5,10-14,17H2,1-2H3. The molecule has 0 saturated carbocycles. The molecule has 1 amide bonds. The van der Waals surface area contributed by atoms with Gasteiger partial charge in [0.1, 0.15) is 11.5 Å². The van der Waals surface area contributed by atoms with Crippen LogP contribution in [0.2, 0.25) is 0 Å². The lowest BCUT2D eigenvalue weighted by Crippen LogP contribution is -2.50. The summed E-state index contributed by atoms with van der Waals surface area (Å²) in [4.78, 5) is 19.6. The Labute approximate surface area is 172 Å². The minimum Gasteiger partial charge on any atom is -0.497 e. The number of methoxy groups -OCH3 is 2. The number of aryl methyl sites for hydroxylation is 1. The molecule has 0 aromatic heterocycles. The number of nitrogens with zero attached hydrogens (tertiary/aromatic N) is 3. The van der Waals surface area contributed by atoms with E-state index in [1.54, 1.807) is 14.2 Å². The second kappa shape index (κ2) is 8.74. The van der Waals surface area contributed by atoms with Gasteiger partial charge in [0.15, 0.2) is 0 Å². The smallest absolute Gasteiger partial charge is 0.241 e. The van der Waals surface area contributed by atoms with Gasteiger partial charge in [-0.3, -0.25) is 9.69 Å². The largest absolute Gasteiger partial charge is 0.497 e. The van der Waals surface area contributed by atoms with Gasteiger partial charge < -0.3 is 19.3 Å². The molecule has 2 aromatic rings. The van der Waals surface area contributed by atoms with E-state index in [1.165, 1.54) is 11.3 Å². The summed E-state index contributed by atoms with van der Waals surface area (Å²) < 4.78 is 10.7. The minimum atomic E-state index is 0.186. The van der Waals surface area contributed by atoms with Gasteiger partial charge in [0.05, 0.1) is 20.8 Å².